The lowest BCUT2D eigenvalue weighted by Crippen LogP contribution is -2.47. The molecular formula is C27H27Cl3F2N4O4S. The van der Waals surface area contributed by atoms with Crippen LogP contribution in [0.1, 0.15) is 15.9 Å². The van der Waals surface area contributed by atoms with Gasteiger partial charge in [-0.1, -0.05) is 18.2 Å². The minimum Gasteiger partial charge on any atom is -0.478 e. The molecule has 1 fully saturated rings. The number of carbonyl (C=O) groups is 1. The summed E-state index contributed by atoms with van der Waals surface area (Å²) in [7, 11) is -4.12. The van der Waals surface area contributed by atoms with Gasteiger partial charge in [-0.3, -0.25) is 4.72 Å². The van der Waals surface area contributed by atoms with Gasteiger partial charge in [-0.15, -0.1) is 37.2 Å². The molecule has 0 atom stereocenters. The van der Waals surface area contributed by atoms with Gasteiger partial charge >= 0.3 is 5.97 Å². The second-order valence-electron chi connectivity index (χ2n) is 9.01. The number of hydrogen-bond acceptors (Lipinski definition) is 6. The quantitative estimate of drug-likeness (QED) is 0.268. The molecule has 1 aliphatic heterocycles. The minimum absolute atomic E-state index is 0. The Morgan fingerprint density at radius 1 is 0.902 bits per heavy atom. The van der Waals surface area contributed by atoms with Crippen LogP contribution in [-0.4, -0.2) is 50.7 Å². The summed E-state index contributed by atoms with van der Waals surface area (Å²) in [6.07, 6.45) is 0. The van der Waals surface area contributed by atoms with E-state index in [0.29, 0.717) is 48.8 Å². The van der Waals surface area contributed by atoms with Crippen LogP contribution in [0.3, 0.4) is 0 Å². The standard InChI is InChI=1S/C27H24F2N4O4S.3ClH/c1-17-6-7-18(28)14-25(17)38(36,37)31-19-8-9-23-20(15-19)21(27(34)35)16-26(30-23)33-12-10-32(11-13-33)24-5-3-2-4-22(24)29;;;/h2-9,14-16,31H,10-13H2,1H3,(H,34,35);3*1H. The Bertz CT molecular complexity index is 1670. The highest BCUT2D eigenvalue weighted by Gasteiger charge is 2.23. The summed E-state index contributed by atoms with van der Waals surface area (Å²) in [6, 6.07) is 15.9. The molecule has 1 saturated heterocycles. The van der Waals surface area contributed by atoms with Crippen LogP contribution in [0, 0.1) is 18.6 Å². The number of para-hydroxylation sites is 1. The number of anilines is 3. The number of pyridine rings is 1. The summed E-state index contributed by atoms with van der Waals surface area (Å²) < 4.78 is 56.1. The predicted molar refractivity (Wildman–Crippen MR) is 163 cm³/mol. The third-order valence-corrected chi connectivity index (χ3v) is 8.04. The first kappa shape index (κ1) is 33.8. The van der Waals surface area contributed by atoms with Crippen LogP contribution in [0.15, 0.2) is 71.6 Å². The van der Waals surface area contributed by atoms with Gasteiger partial charge in [0.05, 0.1) is 21.7 Å². The number of halogens is 5. The molecule has 8 nitrogen and oxygen atoms in total. The molecule has 1 aromatic heterocycles. The van der Waals surface area contributed by atoms with Gasteiger partial charge in [0.2, 0.25) is 0 Å². The Labute approximate surface area is 254 Å². The van der Waals surface area contributed by atoms with Crippen molar-refractivity contribution in [1.82, 2.24) is 4.98 Å². The lowest BCUT2D eigenvalue weighted by molar-refractivity contribution is 0.0699. The SMILES string of the molecule is Cc1ccc(F)cc1S(=O)(=O)Nc1ccc2nc(N3CCN(c4ccccc4F)CC3)cc(C(=O)O)c2c1.Cl.Cl.Cl. The van der Waals surface area contributed by atoms with E-state index in [1.807, 2.05) is 9.80 Å². The number of aromatic nitrogens is 1. The van der Waals surface area contributed by atoms with E-state index in [4.69, 9.17) is 0 Å². The first-order valence-electron chi connectivity index (χ1n) is 11.8. The average molecular weight is 648 g/mol. The highest BCUT2D eigenvalue weighted by Crippen LogP contribution is 2.29. The maximum Gasteiger partial charge on any atom is 0.336 e. The number of nitrogens with one attached hydrogen (secondary N) is 1. The lowest BCUT2D eigenvalue weighted by Gasteiger charge is -2.37. The van der Waals surface area contributed by atoms with Gasteiger partial charge in [-0.2, -0.15) is 0 Å². The molecule has 2 heterocycles. The highest BCUT2D eigenvalue weighted by atomic mass is 35.5. The van der Waals surface area contributed by atoms with Crippen LogP contribution in [0.5, 0.6) is 0 Å². The number of piperazine rings is 1. The van der Waals surface area contributed by atoms with E-state index in [0.717, 1.165) is 6.07 Å². The van der Waals surface area contributed by atoms with E-state index in [9.17, 15) is 27.1 Å². The first-order valence-corrected chi connectivity index (χ1v) is 13.3. The molecule has 41 heavy (non-hydrogen) atoms. The molecule has 4 aromatic rings. The largest absolute Gasteiger partial charge is 0.478 e. The summed E-state index contributed by atoms with van der Waals surface area (Å²) >= 11 is 0. The smallest absolute Gasteiger partial charge is 0.336 e. The summed E-state index contributed by atoms with van der Waals surface area (Å²) in [4.78, 5) is 20.4. The van der Waals surface area contributed by atoms with Gasteiger partial charge in [0.15, 0.2) is 0 Å². The van der Waals surface area contributed by atoms with Crippen molar-refractivity contribution < 1.29 is 27.1 Å². The highest BCUT2D eigenvalue weighted by molar-refractivity contribution is 7.92. The molecular weight excluding hydrogens is 621 g/mol. The number of fused-ring (bicyclic) bond motifs is 1. The maximum absolute atomic E-state index is 14.2. The van der Waals surface area contributed by atoms with E-state index < -0.39 is 21.8 Å². The van der Waals surface area contributed by atoms with Crippen LogP contribution in [-0.2, 0) is 10.0 Å². The Balaban J connectivity index is 0.00000196. The molecule has 2 N–H and O–H groups in total. The number of carboxylic acid groups (broad SMARTS) is 1. The third-order valence-electron chi connectivity index (χ3n) is 6.51. The summed E-state index contributed by atoms with van der Waals surface area (Å²) in [5.41, 5.74) is 1.35. The maximum atomic E-state index is 14.2. The molecule has 0 saturated carbocycles. The van der Waals surface area contributed by atoms with Crippen molar-refractivity contribution in [3.8, 4) is 0 Å². The van der Waals surface area contributed by atoms with Crippen molar-refractivity contribution in [3.63, 3.8) is 0 Å². The van der Waals surface area contributed by atoms with Gasteiger partial charge in [-0.25, -0.2) is 27.0 Å². The first-order chi connectivity index (χ1) is 18.1. The number of carboxylic acids is 1. The number of sulfonamides is 1. The third kappa shape index (κ3) is 7.10. The number of benzene rings is 3. The molecule has 1 aliphatic rings. The van der Waals surface area contributed by atoms with E-state index in [1.165, 1.54) is 42.5 Å². The van der Waals surface area contributed by atoms with Crippen LogP contribution in [0.25, 0.3) is 10.9 Å². The minimum atomic E-state index is -4.12. The molecule has 0 spiro atoms. The zero-order chi connectivity index (χ0) is 27.0. The van der Waals surface area contributed by atoms with Crippen molar-refractivity contribution in [1.29, 1.82) is 0 Å². The number of rotatable bonds is 6. The summed E-state index contributed by atoms with van der Waals surface area (Å²) in [5, 5.41) is 10.2. The van der Waals surface area contributed by atoms with Crippen LogP contribution < -0.4 is 14.5 Å². The van der Waals surface area contributed by atoms with Crippen molar-refractivity contribution in [3.05, 3.63) is 89.5 Å². The van der Waals surface area contributed by atoms with Crippen molar-refractivity contribution in [2.24, 2.45) is 0 Å². The Hall–Kier alpha value is -3.38. The summed E-state index contributed by atoms with van der Waals surface area (Å²) in [6.45, 7) is 3.64. The Morgan fingerprint density at radius 3 is 2.22 bits per heavy atom. The number of nitrogens with zero attached hydrogens (tertiary/aromatic N) is 3. The zero-order valence-corrected chi connectivity index (χ0v) is 24.8. The molecule has 0 unspecified atom stereocenters. The molecule has 220 valence electrons. The zero-order valence-electron chi connectivity index (χ0n) is 21.6. The second kappa shape index (κ2) is 13.5. The van der Waals surface area contributed by atoms with E-state index in [1.54, 1.807) is 25.1 Å². The average Bonchev–Trinajstić information content (AvgIpc) is 2.89. The fraction of sp³-hybridized carbons (Fsp3) is 0.185. The Morgan fingerprint density at radius 2 is 1.56 bits per heavy atom. The van der Waals surface area contributed by atoms with E-state index in [2.05, 4.69) is 9.71 Å². The monoisotopic (exact) mass is 646 g/mol. The fourth-order valence-corrected chi connectivity index (χ4v) is 5.88. The molecule has 0 bridgehead atoms. The molecule has 0 aliphatic carbocycles. The fourth-order valence-electron chi connectivity index (χ4n) is 4.57. The molecule has 0 amide bonds. The number of aromatic carboxylic acids is 1. The van der Waals surface area contributed by atoms with E-state index in [-0.39, 0.29) is 64.6 Å². The van der Waals surface area contributed by atoms with Gasteiger partial charge in [0.1, 0.15) is 17.5 Å². The Kier molecular flexibility index (Phi) is 11.2. The van der Waals surface area contributed by atoms with Crippen LogP contribution in [0.2, 0.25) is 0 Å². The van der Waals surface area contributed by atoms with Crippen LogP contribution >= 0.6 is 37.2 Å². The van der Waals surface area contributed by atoms with Crippen molar-refractivity contribution in [2.45, 2.75) is 11.8 Å². The van der Waals surface area contributed by atoms with Crippen molar-refractivity contribution in [2.75, 3.05) is 40.7 Å². The molecule has 5 rings (SSSR count). The van der Waals surface area contributed by atoms with Crippen LogP contribution in [0.4, 0.5) is 26.0 Å². The second-order valence-corrected chi connectivity index (χ2v) is 10.7. The molecule has 14 heteroatoms. The van der Waals surface area contributed by atoms with E-state index >= 15 is 0 Å². The lowest BCUT2D eigenvalue weighted by atomic mass is 10.1. The molecule has 0 radical (unpaired) electrons. The normalized spacial score (nSPS) is 13.0. The van der Waals surface area contributed by atoms with Gasteiger partial charge in [0, 0.05) is 37.3 Å². The summed E-state index contributed by atoms with van der Waals surface area (Å²) in [5.74, 6) is -1.71. The molecule has 3 aromatic carbocycles. The van der Waals surface area contributed by atoms with Gasteiger partial charge in [-0.05, 0) is 61.0 Å². The predicted octanol–water partition coefficient (Wildman–Crippen LogP) is 5.91. The topological polar surface area (TPSA) is 103 Å². The number of aryl methyl sites for hydroxylation is 1. The van der Waals surface area contributed by atoms with Gasteiger partial charge in [0.25, 0.3) is 10.0 Å². The van der Waals surface area contributed by atoms with Gasteiger partial charge < -0.3 is 14.9 Å². The number of hydrogen-bond donors (Lipinski definition) is 2. The van der Waals surface area contributed by atoms with Crippen molar-refractivity contribution >= 4 is 81.3 Å².